The van der Waals surface area contributed by atoms with Crippen LogP contribution in [0.5, 0.6) is 11.5 Å². The Kier molecular flexibility index (Phi) is 6.79. The van der Waals surface area contributed by atoms with Crippen molar-refractivity contribution in [3.8, 4) is 11.5 Å². The summed E-state index contributed by atoms with van der Waals surface area (Å²) in [5.74, 6) is 0.610. The number of thiazole rings is 1. The molecule has 0 bridgehead atoms. The first-order chi connectivity index (χ1) is 13.6. The molecule has 2 N–H and O–H groups in total. The fourth-order valence-corrected chi connectivity index (χ4v) is 4.13. The van der Waals surface area contributed by atoms with Gasteiger partial charge in [0.05, 0.1) is 20.0 Å². The van der Waals surface area contributed by atoms with Crippen molar-refractivity contribution in [3.63, 3.8) is 0 Å². The molecule has 2 aromatic heterocycles. The number of methoxy groups -OCH3 is 2. The maximum Gasteiger partial charge on any atom is 0.257 e. The van der Waals surface area contributed by atoms with Gasteiger partial charge in [0.25, 0.3) is 5.91 Å². The molecule has 2 heterocycles. The van der Waals surface area contributed by atoms with Crippen LogP contribution in [-0.4, -0.2) is 47.0 Å². The number of nitrogens with one attached hydrogen (secondary N) is 2. The predicted octanol–water partition coefficient (Wildman–Crippen LogP) is 2.99. The molecule has 146 valence electrons. The average Bonchev–Trinajstić information content (AvgIpc) is 3.37. The molecule has 12 heteroatoms. The first kappa shape index (κ1) is 20.0. The fourth-order valence-electron chi connectivity index (χ4n) is 2.03. The van der Waals surface area contributed by atoms with Crippen LogP contribution in [0.25, 0.3) is 0 Å². The van der Waals surface area contributed by atoms with E-state index in [9.17, 15) is 9.59 Å². The van der Waals surface area contributed by atoms with Gasteiger partial charge in [-0.2, -0.15) is 0 Å². The predicted molar refractivity (Wildman–Crippen MR) is 109 cm³/mol. The maximum atomic E-state index is 12.4. The average molecular weight is 438 g/mol. The standard InChI is InChI=1S/C16H15N5O4S3/c1-24-10-4-3-9(7-11(10)25-2)13(23)19-15-20-21-16(28-15)27-8-12(22)18-14-17-5-6-26-14/h3-7H,8H2,1-2H3,(H,17,18,22)(H,19,20,23). The zero-order valence-electron chi connectivity index (χ0n) is 14.8. The van der Waals surface area contributed by atoms with Gasteiger partial charge in [0.2, 0.25) is 11.0 Å². The smallest absolute Gasteiger partial charge is 0.257 e. The van der Waals surface area contributed by atoms with E-state index >= 15 is 0 Å². The van der Waals surface area contributed by atoms with E-state index in [1.807, 2.05) is 0 Å². The summed E-state index contributed by atoms with van der Waals surface area (Å²) in [6.07, 6.45) is 1.62. The van der Waals surface area contributed by atoms with Gasteiger partial charge in [-0.3, -0.25) is 14.9 Å². The Hall–Kier alpha value is -2.70. The van der Waals surface area contributed by atoms with Crippen molar-refractivity contribution >= 4 is 56.5 Å². The molecule has 1 aromatic carbocycles. The van der Waals surface area contributed by atoms with Gasteiger partial charge in [-0.05, 0) is 18.2 Å². The number of carbonyl (C=O) groups is 2. The van der Waals surface area contributed by atoms with Crippen molar-refractivity contribution in [2.75, 3.05) is 30.6 Å². The third-order valence-corrected chi connectivity index (χ3v) is 5.94. The number of rotatable bonds is 8. The van der Waals surface area contributed by atoms with Gasteiger partial charge in [-0.25, -0.2) is 4.98 Å². The summed E-state index contributed by atoms with van der Waals surface area (Å²) in [5, 5.41) is 15.9. The van der Waals surface area contributed by atoms with Gasteiger partial charge in [0.1, 0.15) is 0 Å². The lowest BCUT2D eigenvalue weighted by Gasteiger charge is -2.08. The van der Waals surface area contributed by atoms with Crippen molar-refractivity contribution in [1.29, 1.82) is 0 Å². The van der Waals surface area contributed by atoms with Gasteiger partial charge >= 0.3 is 0 Å². The van der Waals surface area contributed by atoms with Gasteiger partial charge in [0.15, 0.2) is 21.0 Å². The second-order valence-corrected chi connectivity index (χ2v) is 8.17. The number of aromatic nitrogens is 3. The molecule has 0 saturated heterocycles. The number of thioether (sulfide) groups is 1. The lowest BCUT2D eigenvalue weighted by molar-refractivity contribution is -0.113. The van der Waals surface area contributed by atoms with Crippen LogP contribution < -0.4 is 20.1 Å². The highest BCUT2D eigenvalue weighted by Crippen LogP contribution is 2.29. The molecule has 28 heavy (non-hydrogen) atoms. The molecular weight excluding hydrogens is 422 g/mol. The number of ether oxygens (including phenoxy) is 2. The molecule has 0 spiro atoms. The van der Waals surface area contributed by atoms with Crippen LogP contribution in [-0.2, 0) is 4.79 Å². The number of hydrogen-bond acceptors (Lipinski definition) is 10. The van der Waals surface area contributed by atoms with Crippen LogP contribution in [0, 0.1) is 0 Å². The Balaban J connectivity index is 1.55. The Morgan fingerprint density at radius 1 is 1.11 bits per heavy atom. The second-order valence-electron chi connectivity index (χ2n) is 5.07. The summed E-state index contributed by atoms with van der Waals surface area (Å²) in [6.45, 7) is 0. The number of benzene rings is 1. The van der Waals surface area contributed by atoms with Gasteiger partial charge in [-0.1, -0.05) is 23.1 Å². The van der Waals surface area contributed by atoms with Crippen LogP contribution in [0.3, 0.4) is 0 Å². The Bertz CT molecular complexity index is 961. The zero-order chi connectivity index (χ0) is 19.9. The molecule has 0 unspecified atom stereocenters. The molecule has 0 atom stereocenters. The maximum absolute atomic E-state index is 12.4. The normalized spacial score (nSPS) is 10.4. The lowest BCUT2D eigenvalue weighted by Crippen LogP contribution is -2.13. The third kappa shape index (κ3) is 5.18. The minimum Gasteiger partial charge on any atom is -0.493 e. The topological polar surface area (TPSA) is 115 Å². The largest absolute Gasteiger partial charge is 0.493 e. The zero-order valence-corrected chi connectivity index (χ0v) is 17.2. The summed E-state index contributed by atoms with van der Waals surface area (Å²) in [6, 6.07) is 4.85. The minimum atomic E-state index is -0.352. The highest BCUT2D eigenvalue weighted by atomic mass is 32.2. The summed E-state index contributed by atoms with van der Waals surface area (Å²) >= 11 is 3.75. The van der Waals surface area contributed by atoms with Crippen LogP contribution in [0.15, 0.2) is 34.1 Å². The Morgan fingerprint density at radius 2 is 1.93 bits per heavy atom. The quantitative estimate of drug-likeness (QED) is 0.408. The molecule has 0 aliphatic heterocycles. The fraction of sp³-hybridized carbons (Fsp3) is 0.188. The lowest BCUT2D eigenvalue weighted by atomic mass is 10.2. The first-order valence-corrected chi connectivity index (χ1v) is 10.5. The highest BCUT2D eigenvalue weighted by molar-refractivity contribution is 8.01. The van der Waals surface area contributed by atoms with Crippen LogP contribution in [0.4, 0.5) is 10.3 Å². The number of nitrogens with zero attached hydrogens (tertiary/aromatic N) is 3. The van der Waals surface area contributed by atoms with E-state index in [-0.39, 0.29) is 17.6 Å². The molecule has 0 aliphatic rings. The molecule has 2 amide bonds. The number of amides is 2. The van der Waals surface area contributed by atoms with Gasteiger partial charge in [-0.15, -0.1) is 21.5 Å². The first-order valence-electron chi connectivity index (χ1n) is 7.78. The van der Waals surface area contributed by atoms with Crippen molar-refractivity contribution in [3.05, 3.63) is 35.3 Å². The van der Waals surface area contributed by atoms with Crippen molar-refractivity contribution < 1.29 is 19.1 Å². The number of carbonyl (C=O) groups excluding carboxylic acids is 2. The van der Waals surface area contributed by atoms with Crippen LogP contribution >= 0.6 is 34.4 Å². The number of anilines is 2. The molecule has 0 aliphatic carbocycles. The highest BCUT2D eigenvalue weighted by Gasteiger charge is 2.14. The van der Waals surface area contributed by atoms with E-state index in [1.54, 1.807) is 29.8 Å². The van der Waals surface area contributed by atoms with Crippen molar-refractivity contribution in [2.45, 2.75) is 4.34 Å². The van der Waals surface area contributed by atoms with Crippen molar-refractivity contribution in [2.24, 2.45) is 0 Å². The Labute approximate surface area is 172 Å². The summed E-state index contributed by atoms with van der Waals surface area (Å²) in [4.78, 5) is 28.2. The molecule has 3 rings (SSSR count). The van der Waals surface area contributed by atoms with Crippen molar-refractivity contribution in [1.82, 2.24) is 15.2 Å². The summed E-state index contributed by atoms with van der Waals surface area (Å²) in [5.41, 5.74) is 0.393. The second kappa shape index (κ2) is 9.48. The van der Waals surface area contributed by atoms with E-state index < -0.39 is 0 Å². The van der Waals surface area contributed by atoms with Crippen LogP contribution in [0.2, 0.25) is 0 Å². The van der Waals surface area contributed by atoms with E-state index in [2.05, 4.69) is 25.8 Å². The molecule has 9 nitrogen and oxygen atoms in total. The molecule has 0 fully saturated rings. The summed E-state index contributed by atoms with van der Waals surface area (Å²) in [7, 11) is 3.02. The number of hydrogen-bond donors (Lipinski definition) is 2. The van der Waals surface area contributed by atoms with Gasteiger partial charge in [0, 0.05) is 17.1 Å². The van der Waals surface area contributed by atoms with E-state index in [0.717, 1.165) is 0 Å². The monoisotopic (exact) mass is 437 g/mol. The third-order valence-electron chi connectivity index (χ3n) is 3.28. The SMILES string of the molecule is COc1ccc(C(=O)Nc2nnc(SCC(=O)Nc3nccs3)s2)cc1OC. The van der Waals surface area contributed by atoms with E-state index in [0.29, 0.717) is 31.7 Å². The van der Waals surface area contributed by atoms with E-state index in [4.69, 9.17) is 9.47 Å². The van der Waals surface area contributed by atoms with E-state index in [1.165, 1.54) is 48.7 Å². The van der Waals surface area contributed by atoms with Crippen LogP contribution in [0.1, 0.15) is 10.4 Å². The van der Waals surface area contributed by atoms with Gasteiger partial charge < -0.3 is 14.8 Å². The molecule has 0 radical (unpaired) electrons. The Morgan fingerprint density at radius 3 is 2.64 bits per heavy atom. The molecule has 0 saturated carbocycles. The molecule has 3 aromatic rings. The summed E-state index contributed by atoms with van der Waals surface area (Å²) < 4.78 is 10.9. The minimum absolute atomic E-state index is 0.165. The molecular formula is C16H15N5O4S3.